The maximum atomic E-state index is 12.9. The number of carbonyl (C=O) groups is 1. The fraction of sp³-hybridized carbons (Fsp3) is 0.526. The average Bonchev–Trinajstić information content (AvgIpc) is 3.59. The van der Waals surface area contributed by atoms with Crippen LogP contribution in [0.25, 0.3) is 0 Å². The van der Waals surface area contributed by atoms with E-state index in [4.69, 9.17) is 9.47 Å². The third-order valence-corrected chi connectivity index (χ3v) is 5.92. The molecule has 6 nitrogen and oxygen atoms in total. The summed E-state index contributed by atoms with van der Waals surface area (Å²) in [5.74, 6) is 2.91. The molecule has 0 spiro atoms. The van der Waals surface area contributed by atoms with Crippen molar-refractivity contribution in [3.8, 4) is 11.5 Å². The molecule has 1 heterocycles. The fourth-order valence-electron chi connectivity index (χ4n) is 3.10. The van der Waals surface area contributed by atoms with E-state index >= 15 is 0 Å². The molecule has 2 fully saturated rings. The molecule has 2 saturated carbocycles. The van der Waals surface area contributed by atoms with E-state index in [1.165, 1.54) is 37.4 Å². The molecule has 1 atom stereocenters. The summed E-state index contributed by atoms with van der Waals surface area (Å²) in [6, 6.07) is 5.80. The highest BCUT2D eigenvalue weighted by Gasteiger charge is 2.37. The number of aromatic nitrogens is 3. The second kappa shape index (κ2) is 6.95. The highest BCUT2D eigenvalue weighted by atomic mass is 32.2. The Balaban J connectivity index is 1.53. The van der Waals surface area contributed by atoms with E-state index in [1.54, 1.807) is 32.4 Å². The molecule has 0 amide bonds. The molecule has 0 aliphatic heterocycles. The van der Waals surface area contributed by atoms with Crippen molar-refractivity contribution in [1.82, 2.24) is 14.8 Å². The van der Waals surface area contributed by atoms with Crippen molar-refractivity contribution < 1.29 is 14.3 Å². The largest absolute Gasteiger partial charge is 0.493 e. The zero-order valence-electron chi connectivity index (χ0n) is 15.3. The topological polar surface area (TPSA) is 66.2 Å². The summed E-state index contributed by atoms with van der Waals surface area (Å²) in [7, 11) is 3.15. The molecule has 2 aliphatic carbocycles. The van der Waals surface area contributed by atoms with Crippen LogP contribution in [0, 0.1) is 0 Å². The smallest absolute Gasteiger partial charge is 0.192 e. The summed E-state index contributed by atoms with van der Waals surface area (Å²) in [4.78, 5) is 12.9. The number of hydrogen-bond acceptors (Lipinski definition) is 6. The van der Waals surface area contributed by atoms with Gasteiger partial charge in [-0.05, 0) is 50.8 Å². The van der Waals surface area contributed by atoms with Gasteiger partial charge >= 0.3 is 0 Å². The number of hydrogen-bond donors (Lipinski definition) is 0. The summed E-state index contributed by atoms with van der Waals surface area (Å²) in [5, 5.41) is 9.44. The molecule has 7 heteroatoms. The van der Waals surface area contributed by atoms with E-state index < -0.39 is 0 Å². The van der Waals surface area contributed by atoms with Crippen LogP contribution in [0.5, 0.6) is 11.5 Å². The van der Waals surface area contributed by atoms with Crippen LogP contribution in [-0.4, -0.2) is 40.0 Å². The molecule has 0 bridgehead atoms. The second-order valence-corrected chi connectivity index (χ2v) is 8.22. The molecule has 1 unspecified atom stereocenters. The maximum absolute atomic E-state index is 12.9. The molecule has 2 aromatic rings. The maximum Gasteiger partial charge on any atom is 0.192 e. The molecule has 0 radical (unpaired) electrons. The van der Waals surface area contributed by atoms with Gasteiger partial charge in [-0.2, -0.15) is 0 Å². The third-order valence-electron chi connectivity index (χ3n) is 4.86. The minimum absolute atomic E-state index is 0.0503. The number of rotatable bonds is 8. The Morgan fingerprint density at radius 3 is 2.50 bits per heavy atom. The van der Waals surface area contributed by atoms with E-state index in [9.17, 15) is 4.79 Å². The van der Waals surface area contributed by atoms with Crippen LogP contribution in [-0.2, 0) is 0 Å². The number of benzene rings is 1. The van der Waals surface area contributed by atoms with Crippen molar-refractivity contribution in [3.63, 3.8) is 0 Å². The standard InChI is InChI=1S/C19H23N3O3S/c1-11(17(23)13-6-9-15(24-2)16(10-13)25-3)26-19-21-20-18(12-4-5-12)22(19)14-7-8-14/h6,9-12,14H,4-5,7-8H2,1-3H3. The molecule has 1 aromatic carbocycles. The normalized spacial score (nSPS) is 17.8. The minimum Gasteiger partial charge on any atom is -0.493 e. The lowest BCUT2D eigenvalue weighted by Crippen LogP contribution is -2.15. The van der Waals surface area contributed by atoms with E-state index in [0.717, 1.165) is 11.0 Å². The Morgan fingerprint density at radius 1 is 1.15 bits per heavy atom. The molecule has 26 heavy (non-hydrogen) atoms. The summed E-state index contributed by atoms with van der Waals surface area (Å²) in [6.07, 6.45) is 4.78. The van der Waals surface area contributed by atoms with Crippen molar-refractivity contribution in [2.24, 2.45) is 0 Å². The SMILES string of the molecule is COc1ccc(C(=O)C(C)Sc2nnc(C3CC3)n2C2CC2)cc1OC. The lowest BCUT2D eigenvalue weighted by Gasteiger charge is -2.14. The quantitative estimate of drug-likeness (QED) is 0.517. The molecule has 4 rings (SSSR count). The van der Waals surface area contributed by atoms with E-state index in [-0.39, 0.29) is 11.0 Å². The monoisotopic (exact) mass is 373 g/mol. The van der Waals surface area contributed by atoms with Crippen LogP contribution in [0.2, 0.25) is 0 Å². The molecule has 0 N–H and O–H groups in total. The Morgan fingerprint density at radius 2 is 1.88 bits per heavy atom. The second-order valence-electron chi connectivity index (χ2n) is 6.91. The molecular formula is C19H23N3O3S. The van der Waals surface area contributed by atoms with Gasteiger partial charge in [0.15, 0.2) is 22.4 Å². The highest BCUT2D eigenvalue weighted by Crippen LogP contribution is 2.46. The summed E-state index contributed by atoms with van der Waals surface area (Å²) < 4.78 is 12.8. The van der Waals surface area contributed by atoms with Crippen molar-refractivity contribution in [2.75, 3.05) is 14.2 Å². The van der Waals surface area contributed by atoms with Crippen molar-refractivity contribution >= 4 is 17.5 Å². The number of ketones is 1. The number of carbonyl (C=O) groups excluding carboxylic acids is 1. The van der Waals surface area contributed by atoms with E-state index in [0.29, 0.717) is 29.0 Å². The van der Waals surface area contributed by atoms with Crippen molar-refractivity contribution in [1.29, 1.82) is 0 Å². The fourth-order valence-corrected chi connectivity index (χ4v) is 4.10. The van der Waals surface area contributed by atoms with Crippen LogP contribution in [0.15, 0.2) is 23.4 Å². The number of ether oxygens (including phenoxy) is 2. The van der Waals surface area contributed by atoms with Gasteiger partial charge in [0.25, 0.3) is 0 Å². The number of nitrogens with zero attached hydrogens (tertiary/aromatic N) is 3. The van der Waals surface area contributed by atoms with Gasteiger partial charge in [0.2, 0.25) is 0 Å². The summed E-state index contributed by atoms with van der Waals surface area (Å²) in [6.45, 7) is 1.92. The van der Waals surface area contributed by atoms with Gasteiger partial charge in [-0.3, -0.25) is 4.79 Å². The zero-order valence-corrected chi connectivity index (χ0v) is 16.1. The van der Waals surface area contributed by atoms with Gasteiger partial charge in [-0.25, -0.2) is 0 Å². The first-order chi connectivity index (χ1) is 12.6. The Labute approximate surface area is 157 Å². The molecule has 0 saturated heterocycles. The number of thioether (sulfide) groups is 1. The first kappa shape index (κ1) is 17.4. The van der Waals surface area contributed by atoms with Crippen LogP contribution in [0.1, 0.15) is 60.7 Å². The van der Waals surface area contributed by atoms with E-state index in [1.807, 2.05) is 6.92 Å². The lowest BCUT2D eigenvalue weighted by molar-refractivity contribution is 0.0993. The van der Waals surface area contributed by atoms with Gasteiger partial charge < -0.3 is 14.0 Å². The third kappa shape index (κ3) is 3.32. The molecular weight excluding hydrogens is 350 g/mol. The first-order valence-electron chi connectivity index (χ1n) is 9.00. The predicted molar refractivity (Wildman–Crippen MR) is 99.5 cm³/mol. The van der Waals surface area contributed by atoms with Crippen LogP contribution < -0.4 is 9.47 Å². The van der Waals surface area contributed by atoms with Crippen molar-refractivity contribution in [3.05, 3.63) is 29.6 Å². The van der Waals surface area contributed by atoms with Gasteiger partial charge in [-0.1, -0.05) is 11.8 Å². The van der Waals surface area contributed by atoms with Gasteiger partial charge in [0.05, 0.1) is 19.5 Å². The van der Waals surface area contributed by atoms with Crippen molar-refractivity contribution in [2.45, 2.75) is 55.0 Å². The predicted octanol–water partition coefficient (Wildman–Crippen LogP) is 3.87. The van der Waals surface area contributed by atoms with Gasteiger partial charge in [0.1, 0.15) is 5.82 Å². The lowest BCUT2D eigenvalue weighted by atomic mass is 10.1. The number of methoxy groups -OCH3 is 2. The van der Waals surface area contributed by atoms with Gasteiger partial charge in [-0.15, -0.1) is 10.2 Å². The molecule has 138 valence electrons. The van der Waals surface area contributed by atoms with Crippen LogP contribution in [0.3, 0.4) is 0 Å². The Hall–Kier alpha value is -2.02. The molecule has 2 aliphatic rings. The van der Waals surface area contributed by atoms with E-state index in [2.05, 4.69) is 14.8 Å². The zero-order chi connectivity index (χ0) is 18.3. The molecule has 1 aromatic heterocycles. The van der Waals surface area contributed by atoms with Crippen LogP contribution >= 0.6 is 11.8 Å². The minimum atomic E-state index is -0.248. The Bertz CT molecular complexity index is 827. The first-order valence-corrected chi connectivity index (χ1v) is 9.88. The van der Waals surface area contributed by atoms with Crippen LogP contribution in [0.4, 0.5) is 0 Å². The average molecular weight is 373 g/mol. The highest BCUT2D eigenvalue weighted by molar-refractivity contribution is 8.00. The number of Topliss-reactive ketones (excluding diaryl/α,β-unsaturated/α-hetero) is 1. The Kier molecular flexibility index (Phi) is 4.65. The summed E-state index contributed by atoms with van der Waals surface area (Å²) in [5.41, 5.74) is 0.613. The van der Waals surface area contributed by atoms with Gasteiger partial charge in [0, 0.05) is 17.5 Å². The summed E-state index contributed by atoms with van der Waals surface area (Å²) >= 11 is 1.50.